The molecule has 5 aliphatic rings. The fourth-order valence-electron chi connectivity index (χ4n) is 8.94. The summed E-state index contributed by atoms with van der Waals surface area (Å²) < 4.78 is 10.8. The van der Waals surface area contributed by atoms with Gasteiger partial charge in [-0.25, -0.2) is 4.90 Å². The van der Waals surface area contributed by atoms with Crippen molar-refractivity contribution in [3.05, 3.63) is 96.1 Å². The highest BCUT2D eigenvalue weighted by Crippen LogP contribution is 2.61. The first kappa shape index (κ1) is 32.0. The van der Waals surface area contributed by atoms with Crippen molar-refractivity contribution in [2.75, 3.05) is 48.1 Å². The average Bonchev–Trinajstić information content (AvgIpc) is 3.51. The molecule has 6 atom stereocenters. The molecular weight excluding hydrogens is 634 g/mol. The lowest BCUT2D eigenvalue weighted by Gasteiger charge is -2.47. The van der Waals surface area contributed by atoms with Crippen LogP contribution < -0.4 is 19.4 Å². The van der Waals surface area contributed by atoms with E-state index in [9.17, 15) is 24.3 Å². The maximum absolute atomic E-state index is 14.5. The lowest BCUT2D eigenvalue weighted by Crippen LogP contribution is -2.49. The molecule has 1 N–H and O–H groups in total. The summed E-state index contributed by atoms with van der Waals surface area (Å²) in [6.07, 6.45) is 6.51. The van der Waals surface area contributed by atoms with E-state index < -0.39 is 35.0 Å². The summed E-state index contributed by atoms with van der Waals surface area (Å²) in [6.45, 7) is 4.73. The van der Waals surface area contributed by atoms with Crippen LogP contribution in [-0.4, -0.2) is 62.1 Å². The molecular formula is C40H39N3O7. The Kier molecular flexibility index (Phi) is 7.86. The Balaban J connectivity index is 1.16. The molecule has 3 aromatic carbocycles. The number of morpholine rings is 1. The summed E-state index contributed by atoms with van der Waals surface area (Å²) in [7, 11) is 1.48. The minimum atomic E-state index is -1.12. The third-order valence-corrected chi connectivity index (χ3v) is 11.5. The molecule has 3 heterocycles. The molecule has 0 radical (unpaired) electrons. The number of hydrogen-bond donors (Lipinski definition) is 1. The number of fused-ring (bicyclic) bond motifs is 4. The molecule has 0 spiro atoms. The van der Waals surface area contributed by atoms with Crippen LogP contribution in [0.25, 0.3) is 6.08 Å². The van der Waals surface area contributed by atoms with Gasteiger partial charge in [0.15, 0.2) is 11.5 Å². The number of hydrogen-bond acceptors (Lipinski definition) is 8. The number of nitrogens with zero attached hydrogens (tertiary/aromatic N) is 3. The van der Waals surface area contributed by atoms with Crippen molar-refractivity contribution >= 4 is 46.8 Å². The van der Waals surface area contributed by atoms with Gasteiger partial charge in [0.05, 0.1) is 54.9 Å². The fourth-order valence-corrected chi connectivity index (χ4v) is 8.94. The van der Waals surface area contributed by atoms with Crippen molar-refractivity contribution in [2.45, 2.75) is 19.8 Å². The Hall–Kier alpha value is -5.22. The molecule has 10 heteroatoms. The van der Waals surface area contributed by atoms with Crippen LogP contribution in [0.4, 0.5) is 17.1 Å². The Morgan fingerprint density at radius 1 is 0.840 bits per heavy atom. The first-order valence-electron chi connectivity index (χ1n) is 17.2. The van der Waals surface area contributed by atoms with Crippen LogP contribution in [0.3, 0.4) is 0 Å². The first-order chi connectivity index (χ1) is 24.2. The number of aromatic hydroxyl groups is 1. The highest BCUT2D eigenvalue weighted by atomic mass is 16.5. The molecule has 3 aromatic rings. The van der Waals surface area contributed by atoms with Crippen molar-refractivity contribution in [3.8, 4) is 11.5 Å². The predicted octanol–water partition coefficient (Wildman–Crippen LogP) is 5.22. The van der Waals surface area contributed by atoms with Gasteiger partial charge in [-0.15, -0.1) is 0 Å². The molecule has 4 amide bonds. The Morgan fingerprint density at radius 3 is 2.26 bits per heavy atom. The van der Waals surface area contributed by atoms with E-state index in [1.807, 2.05) is 55.5 Å². The molecule has 10 nitrogen and oxygen atoms in total. The Bertz CT molecular complexity index is 1930. The maximum Gasteiger partial charge on any atom is 0.241 e. The minimum Gasteiger partial charge on any atom is -0.504 e. The van der Waals surface area contributed by atoms with E-state index in [0.717, 1.165) is 29.9 Å². The molecule has 4 fully saturated rings. The van der Waals surface area contributed by atoms with Crippen LogP contribution in [0.5, 0.6) is 11.5 Å². The number of benzene rings is 3. The molecule has 50 heavy (non-hydrogen) atoms. The highest BCUT2D eigenvalue weighted by molar-refractivity contribution is 6.25. The highest BCUT2D eigenvalue weighted by Gasteiger charge is 2.67. The maximum atomic E-state index is 14.5. The summed E-state index contributed by atoms with van der Waals surface area (Å²) in [5.74, 6) is -3.58. The van der Waals surface area contributed by atoms with Gasteiger partial charge < -0.3 is 19.5 Å². The normalized spacial score (nSPS) is 29.3. The van der Waals surface area contributed by atoms with Gasteiger partial charge in [0, 0.05) is 24.7 Å². The number of carbonyl (C=O) groups is 4. The van der Waals surface area contributed by atoms with E-state index in [1.165, 1.54) is 16.9 Å². The molecule has 2 aliphatic carbocycles. The van der Waals surface area contributed by atoms with Gasteiger partial charge >= 0.3 is 0 Å². The fraction of sp³-hybridized carbons (Fsp3) is 0.350. The van der Waals surface area contributed by atoms with Crippen molar-refractivity contribution in [2.24, 2.45) is 35.0 Å². The summed E-state index contributed by atoms with van der Waals surface area (Å²) in [6, 6.07) is 21.5. The third kappa shape index (κ3) is 4.87. The molecule has 0 aromatic heterocycles. The summed E-state index contributed by atoms with van der Waals surface area (Å²) in [5.41, 5.74) is 2.59. The van der Waals surface area contributed by atoms with Gasteiger partial charge in [0.1, 0.15) is 0 Å². The predicted molar refractivity (Wildman–Crippen MR) is 187 cm³/mol. The third-order valence-electron chi connectivity index (χ3n) is 11.5. The standard InChI is InChI=1S/C40H39N3O7/c1-40-31(16-8-24-9-17-33(44)34(22-24)49-2)28-14-15-29-35(30(28)23-32(40)37(46)43(39(40)48)26-6-4-3-5-7-26)38(47)42(36(29)45)27-12-10-25(11-13-27)41-18-20-50-21-19-41/h3-14,16-17,22,29-32,35,44H,15,18-21,23H2,1-2H3. The monoisotopic (exact) mass is 673 g/mol. The summed E-state index contributed by atoms with van der Waals surface area (Å²) in [4.78, 5) is 62.1. The van der Waals surface area contributed by atoms with E-state index in [1.54, 1.807) is 42.5 Å². The number of amides is 4. The van der Waals surface area contributed by atoms with Crippen LogP contribution in [0.1, 0.15) is 25.3 Å². The quantitative estimate of drug-likeness (QED) is 0.280. The van der Waals surface area contributed by atoms with Crippen LogP contribution >= 0.6 is 0 Å². The van der Waals surface area contributed by atoms with Gasteiger partial charge in [0.2, 0.25) is 23.6 Å². The molecule has 8 rings (SSSR count). The molecule has 3 aliphatic heterocycles. The molecule has 0 bridgehead atoms. The molecule has 6 unspecified atom stereocenters. The largest absolute Gasteiger partial charge is 0.504 e. The van der Waals surface area contributed by atoms with Crippen LogP contribution in [-0.2, 0) is 23.9 Å². The van der Waals surface area contributed by atoms with Gasteiger partial charge in [-0.05, 0) is 79.8 Å². The number of phenolic OH excluding ortho intramolecular Hbond substituents is 1. The first-order valence-corrected chi connectivity index (χ1v) is 17.2. The zero-order chi connectivity index (χ0) is 34.7. The number of allylic oxidation sites excluding steroid dienone is 3. The van der Waals surface area contributed by atoms with Crippen molar-refractivity contribution < 1.29 is 33.8 Å². The number of phenols is 1. The van der Waals surface area contributed by atoms with Gasteiger partial charge in [-0.1, -0.05) is 48.1 Å². The zero-order valence-electron chi connectivity index (χ0n) is 28.0. The number of methoxy groups -OCH3 is 1. The molecule has 3 saturated heterocycles. The van der Waals surface area contributed by atoms with E-state index in [-0.39, 0.29) is 35.8 Å². The second kappa shape index (κ2) is 12.3. The SMILES string of the molecule is COc1cc(C=CC2C3=CCC4C(=O)N(c5ccc(N6CCOCC6)cc5)C(=O)C4C3CC3C(=O)N(c4ccccc4)C(=O)C23C)ccc1O. The minimum absolute atomic E-state index is 0.00945. The summed E-state index contributed by atoms with van der Waals surface area (Å²) >= 11 is 0. The van der Waals surface area contributed by atoms with Crippen molar-refractivity contribution in [1.82, 2.24) is 0 Å². The van der Waals surface area contributed by atoms with Crippen molar-refractivity contribution in [3.63, 3.8) is 0 Å². The number of anilines is 3. The topological polar surface area (TPSA) is 117 Å². The number of imide groups is 2. The number of para-hydroxylation sites is 1. The summed E-state index contributed by atoms with van der Waals surface area (Å²) in [5, 5.41) is 10.2. The van der Waals surface area contributed by atoms with Crippen LogP contribution in [0.2, 0.25) is 0 Å². The lowest BCUT2D eigenvalue weighted by molar-refractivity contribution is -0.132. The van der Waals surface area contributed by atoms with Crippen molar-refractivity contribution in [1.29, 1.82) is 0 Å². The van der Waals surface area contributed by atoms with E-state index >= 15 is 0 Å². The van der Waals surface area contributed by atoms with E-state index in [2.05, 4.69) is 4.90 Å². The smallest absolute Gasteiger partial charge is 0.241 e. The van der Waals surface area contributed by atoms with Crippen LogP contribution in [0.15, 0.2) is 90.5 Å². The number of rotatable bonds is 6. The second-order valence-electron chi connectivity index (χ2n) is 14.0. The average molecular weight is 674 g/mol. The Morgan fingerprint density at radius 2 is 1.54 bits per heavy atom. The number of carbonyl (C=O) groups excluding carboxylic acids is 4. The van der Waals surface area contributed by atoms with E-state index in [0.29, 0.717) is 36.8 Å². The molecule has 1 saturated carbocycles. The second-order valence-corrected chi connectivity index (χ2v) is 14.0. The van der Waals surface area contributed by atoms with Gasteiger partial charge in [-0.2, -0.15) is 0 Å². The zero-order valence-corrected chi connectivity index (χ0v) is 28.0. The van der Waals surface area contributed by atoms with Gasteiger partial charge in [0.25, 0.3) is 0 Å². The van der Waals surface area contributed by atoms with Gasteiger partial charge in [-0.3, -0.25) is 24.1 Å². The Labute approximate surface area is 290 Å². The van der Waals surface area contributed by atoms with E-state index in [4.69, 9.17) is 9.47 Å². The molecule has 256 valence electrons. The number of ether oxygens (including phenoxy) is 2. The lowest BCUT2D eigenvalue weighted by atomic mass is 9.52. The van der Waals surface area contributed by atoms with Crippen LogP contribution in [0, 0.1) is 35.0 Å².